The average molecular weight is 337 g/mol. The van der Waals surface area contributed by atoms with Gasteiger partial charge in [-0.15, -0.1) is 0 Å². The van der Waals surface area contributed by atoms with Crippen LogP contribution in [0.2, 0.25) is 0 Å². The standard InChI is InChI=1S/C22H44N2/c1-5-7-9-11-12-13-14-16-18-23-19-20-24(21(3)4)22(23)17-15-10-8-6-2/h19-22H,5-18H2,1-4H3. The highest BCUT2D eigenvalue weighted by atomic mass is 15.4. The van der Waals surface area contributed by atoms with Crippen molar-refractivity contribution in [2.24, 2.45) is 0 Å². The molecule has 1 rings (SSSR count). The second-order valence-corrected chi connectivity index (χ2v) is 7.88. The molecule has 2 heteroatoms. The van der Waals surface area contributed by atoms with Crippen molar-refractivity contribution in [2.75, 3.05) is 6.54 Å². The molecule has 24 heavy (non-hydrogen) atoms. The summed E-state index contributed by atoms with van der Waals surface area (Å²) in [7, 11) is 0. The van der Waals surface area contributed by atoms with E-state index in [1.807, 2.05) is 0 Å². The minimum Gasteiger partial charge on any atom is -0.356 e. The van der Waals surface area contributed by atoms with Crippen LogP contribution in [0.3, 0.4) is 0 Å². The van der Waals surface area contributed by atoms with Gasteiger partial charge in [0.1, 0.15) is 6.17 Å². The SMILES string of the molecule is CCCCCCCCCCN1C=CN(C(C)C)C1CCCCCC. The van der Waals surface area contributed by atoms with E-state index in [-0.39, 0.29) is 0 Å². The number of nitrogens with zero attached hydrogens (tertiary/aromatic N) is 2. The van der Waals surface area contributed by atoms with Gasteiger partial charge in [-0.2, -0.15) is 0 Å². The van der Waals surface area contributed by atoms with Crippen LogP contribution in [0, 0.1) is 0 Å². The van der Waals surface area contributed by atoms with Gasteiger partial charge in [0.05, 0.1) is 0 Å². The first-order valence-electron chi connectivity index (χ1n) is 10.9. The van der Waals surface area contributed by atoms with Crippen LogP contribution in [0.4, 0.5) is 0 Å². The van der Waals surface area contributed by atoms with Gasteiger partial charge in [0, 0.05) is 25.0 Å². The van der Waals surface area contributed by atoms with Crippen LogP contribution in [0.25, 0.3) is 0 Å². The van der Waals surface area contributed by atoms with Gasteiger partial charge in [0.2, 0.25) is 0 Å². The molecule has 0 saturated carbocycles. The summed E-state index contributed by atoms with van der Waals surface area (Å²) in [5.74, 6) is 0. The third-order valence-corrected chi connectivity index (χ3v) is 5.34. The molecule has 1 heterocycles. The van der Waals surface area contributed by atoms with Gasteiger partial charge < -0.3 is 9.80 Å². The van der Waals surface area contributed by atoms with Crippen LogP contribution < -0.4 is 0 Å². The molecule has 0 radical (unpaired) electrons. The second kappa shape index (κ2) is 13.6. The van der Waals surface area contributed by atoms with E-state index in [9.17, 15) is 0 Å². The fourth-order valence-electron chi connectivity index (χ4n) is 3.77. The minimum absolute atomic E-state index is 0.612. The zero-order chi connectivity index (χ0) is 17.6. The molecule has 1 aliphatic rings. The van der Waals surface area contributed by atoms with E-state index < -0.39 is 0 Å². The largest absolute Gasteiger partial charge is 0.356 e. The smallest absolute Gasteiger partial charge is 0.101 e. The Balaban J connectivity index is 2.22. The Morgan fingerprint density at radius 3 is 1.83 bits per heavy atom. The van der Waals surface area contributed by atoms with Crippen LogP contribution in [0.15, 0.2) is 12.4 Å². The molecule has 0 saturated heterocycles. The summed E-state index contributed by atoms with van der Waals surface area (Å²) in [5, 5.41) is 0. The van der Waals surface area contributed by atoms with Crippen molar-refractivity contribution in [3.05, 3.63) is 12.4 Å². The highest BCUT2D eigenvalue weighted by Crippen LogP contribution is 2.24. The summed E-state index contributed by atoms with van der Waals surface area (Å²) >= 11 is 0. The van der Waals surface area contributed by atoms with Crippen molar-refractivity contribution in [3.63, 3.8) is 0 Å². The van der Waals surface area contributed by atoms with Gasteiger partial charge in [-0.3, -0.25) is 0 Å². The van der Waals surface area contributed by atoms with Crippen LogP contribution in [0.1, 0.15) is 111 Å². The topological polar surface area (TPSA) is 6.48 Å². The fourth-order valence-corrected chi connectivity index (χ4v) is 3.77. The van der Waals surface area contributed by atoms with Crippen molar-refractivity contribution in [1.29, 1.82) is 0 Å². The molecule has 1 unspecified atom stereocenters. The molecule has 2 nitrogen and oxygen atoms in total. The molecule has 0 aromatic rings. The summed E-state index contributed by atoms with van der Waals surface area (Å²) in [6.07, 6.45) is 23.4. The summed E-state index contributed by atoms with van der Waals surface area (Å²) in [6, 6.07) is 0.612. The van der Waals surface area contributed by atoms with E-state index in [1.165, 1.54) is 90.0 Å². The van der Waals surface area contributed by atoms with E-state index in [0.29, 0.717) is 12.2 Å². The first-order valence-corrected chi connectivity index (χ1v) is 10.9. The van der Waals surface area contributed by atoms with Crippen LogP contribution in [-0.2, 0) is 0 Å². The van der Waals surface area contributed by atoms with E-state index in [1.54, 1.807) is 0 Å². The van der Waals surface area contributed by atoms with Crippen LogP contribution >= 0.6 is 0 Å². The van der Waals surface area contributed by atoms with E-state index in [4.69, 9.17) is 0 Å². The molecule has 0 aromatic heterocycles. The predicted molar refractivity (Wildman–Crippen MR) is 108 cm³/mol. The van der Waals surface area contributed by atoms with Crippen molar-refractivity contribution in [2.45, 2.75) is 123 Å². The zero-order valence-corrected chi connectivity index (χ0v) is 17.1. The maximum atomic E-state index is 2.61. The van der Waals surface area contributed by atoms with Crippen molar-refractivity contribution in [3.8, 4) is 0 Å². The number of rotatable bonds is 15. The number of unbranched alkanes of at least 4 members (excludes halogenated alkanes) is 10. The first-order chi connectivity index (χ1) is 11.7. The molecule has 0 fully saturated rings. The third kappa shape index (κ3) is 8.44. The molecule has 0 aliphatic carbocycles. The van der Waals surface area contributed by atoms with Gasteiger partial charge in [0.25, 0.3) is 0 Å². The van der Waals surface area contributed by atoms with Crippen LogP contribution in [-0.4, -0.2) is 28.6 Å². The Kier molecular flexibility index (Phi) is 12.1. The maximum absolute atomic E-state index is 2.61. The molecule has 0 amide bonds. The normalized spacial score (nSPS) is 17.5. The van der Waals surface area contributed by atoms with E-state index in [2.05, 4.69) is 49.9 Å². The quantitative estimate of drug-likeness (QED) is 0.299. The summed E-state index contributed by atoms with van der Waals surface area (Å²) in [4.78, 5) is 5.18. The highest BCUT2D eigenvalue weighted by Gasteiger charge is 2.26. The Bertz CT molecular complexity index is 311. The van der Waals surface area contributed by atoms with Gasteiger partial charge >= 0.3 is 0 Å². The highest BCUT2D eigenvalue weighted by molar-refractivity contribution is 4.98. The lowest BCUT2D eigenvalue weighted by molar-refractivity contribution is 0.114. The molecule has 0 bridgehead atoms. The predicted octanol–water partition coefficient (Wildman–Crippen LogP) is 6.92. The third-order valence-electron chi connectivity index (χ3n) is 5.34. The second-order valence-electron chi connectivity index (χ2n) is 7.88. The zero-order valence-electron chi connectivity index (χ0n) is 17.1. The summed E-state index contributed by atoms with van der Waals surface area (Å²) < 4.78 is 0. The lowest BCUT2D eigenvalue weighted by Gasteiger charge is -2.35. The van der Waals surface area contributed by atoms with Gasteiger partial charge in [-0.1, -0.05) is 78.1 Å². The molecular weight excluding hydrogens is 292 g/mol. The maximum Gasteiger partial charge on any atom is 0.101 e. The molecule has 0 spiro atoms. The van der Waals surface area contributed by atoms with E-state index in [0.717, 1.165) is 0 Å². The Morgan fingerprint density at radius 1 is 0.708 bits per heavy atom. The Labute approximate surface area is 152 Å². The molecule has 1 aliphatic heterocycles. The Morgan fingerprint density at radius 2 is 1.25 bits per heavy atom. The Hall–Kier alpha value is -0.660. The molecule has 0 N–H and O–H groups in total. The van der Waals surface area contributed by atoms with Gasteiger partial charge in [-0.05, 0) is 33.1 Å². The molecule has 0 aromatic carbocycles. The van der Waals surface area contributed by atoms with Gasteiger partial charge in [0.15, 0.2) is 0 Å². The van der Waals surface area contributed by atoms with Crippen LogP contribution in [0.5, 0.6) is 0 Å². The monoisotopic (exact) mass is 336 g/mol. The van der Waals surface area contributed by atoms with Crippen molar-refractivity contribution < 1.29 is 0 Å². The van der Waals surface area contributed by atoms with Crippen molar-refractivity contribution in [1.82, 2.24) is 9.80 Å². The minimum atomic E-state index is 0.612. The molecular formula is C22H44N2. The fraction of sp³-hybridized carbons (Fsp3) is 0.909. The summed E-state index contributed by atoms with van der Waals surface area (Å²) in [5.41, 5.74) is 0. The molecule has 1 atom stereocenters. The summed E-state index contributed by atoms with van der Waals surface area (Å²) in [6.45, 7) is 10.5. The van der Waals surface area contributed by atoms with Gasteiger partial charge in [-0.25, -0.2) is 0 Å². The lowest BCUT2D eigenvalue weighted by Crippen LogP contribution is -2.42. The average Bonchev–Trinajstić information content (AvgIpc) is 2.97. The lowest BCUT2D eigenvalue weighted by atomic mass is 10.1. The van der Waals surface area contributed by atoms with Crippen molar-refractivity contribution >= 4 is 0 Å². The molecule has 142 valence electrons. The van der Waals surface area contributed by atoms with E-state index >= 15 is 0 Å². The number of hydrogen-bond donors (Lipinski definition) is 0. The first kappa shape index (κ1) is 21.4. The number of hydrogen-bond acceptors (Lipinski definition) is 2.